The Balaban J connectivity index is 0.000000218. The summed E-state index contributed by atoms with van der Waals surface area (Å²) in [6.45, 7) is 3.17. The van der Waals surface area contributed by atoms with E-state index >= 15 is 0 Å². The van der Waals surface area contributed by atoms with E-state index < -0.39 is 18.1 Å². The first-order chi connectivity index (χ1) is 27.2. The number of hydrogen-bond acceptors (Lipinski definition) is 8. The number of aryl methyl sites for hydroxylation is 2. The van der Waals surface area contributed by atoms with E-state index in [-0.39, 0.29) is 37.6 Å². The van der Waals surface area contributed by atoms with Gasteiger partial charge in [-0.1, -0.05) is 47.5 Å². The molecule has 0 radical (unpaired) electrons. The van der Waals surface area contributed by atoms with Crippen LogP contribution in [0.3, 0.4) is 0 Å². The third kappa shape index (κ3) is 11.0. The van der Waals surface area contributed by atoms with Gasteiger partial charge in [-0.3, -0.25) is 14.6 Å². The Bertz CT molecular complexity index is 2350. The molecule has 16 N–H and O–H groups in total. The van der Waals surface area contributed by atoms with E-state index in [0.717, 1.165) is 22.5 Å². The summed E-state index contributed by atoms with van der Waals surface area (Å²) in [5.74, 6) is -0.310. The van der Waals surface area contributed by atoms with Gasteiger partial charge in [0.05, 0.1) is 31.1 Å². The van der Waals surface area contributed by atoms with E-state index in [1.54, 1.807) is 56.3 Å². The molecule has 4 aromatic heterocycles. The van der Waals surface area contributed by atoms with Crippen molar-refractivity contribution >= 4 is 46.9 Å². The summed E-state index contributed by atoms with van der Waals surface area (Å²) in [6.07, 6.45) is -0.932. The summed E-state index contributed by atoms with van der Waals surface area (Å²) < 4.78 is 0. The summed E-state index contributed by atoms with van der Waals surface area (Å²) in [7, 11) is 0. The lowest BCUT2D eigenvalue weighted by Gasteiger charge is -2.14. The Morgan fingerprint density at radius 2 is 1.12 bits per heavy atom. The number of nitrogens with one attached hydrogen (secondary N) is 6. The van der Waals surface area contributed by atoms with E-state index in [4.69, 9.17) is 46.1 Å². The van der Waals surface area contributed by atoms with Crippen LogP contribution in [0.25, 0.3) is 22.5 Å². The van der Waals surface area contributed by atoms with Crippen molar-refractivity contribution in [3.8, 4) is 22.5 Å². The maximum absolute atomic E-state index is 12.8. The van der Waals surface area contributed by atoms with Gasteiger partial charge in [-0.25, -0.2) is 15.0 Å². The van der Waals surface area contributed by atoms with Gasteiger partial charge in [0.25, 0.3) is 11.8 Å². The molecule has 4 heterocycles. The molecule has 18 nitrogen and oxygen atoms in total. The van der Waals surface area contributed by atoms with Gasteiger partial charge in [0.15, 0.2) is 23.9 Å². The van der Waals surface area contributed by atoms with Gasteiger partial charge < -0.3 is 63.7 Å². The predicted octanol–water partition coefficient (Wildman–Crippen LogP) is 3.16. The number of aliphatic imine (C=N–C) groups is 2. The number of carbonyl (C=O) groups is 2. The Hall–Kier alpha value is -6.60. The predicted molar refractivity (Wildman–Crippen MR) is 218 cm³/mol. The first-order valence-corrected chi connectivity index (χ1v) is 18.0. The maximum atomic E-state index is 12.8. The normalized spacial score (nSPS) is 11.8. The number of halogens is 2. The number of aliphatic hydroxyl groups is 2. The number of aliphatic hydroxyl groups excluding tert-OH is 2. The lowest BCUT2D eigenvalue weighted by molar-refractivity contribution is 0.0924. The van der Waals surface area contributed by atoms with E-state index in [0.29, 0.717) is 55.9 Å². The molecule has 2 atom stereocenters. The van der Waals surface area contributed by atoms with Crippen LogP contribution < -0.4 is 33.6 Å². The van der Waals surface area contributed by atoms with Crippen molar-refractivity contribution in [1.82, 2.24) is 40.5 Å². The Kier molecular flexibility index (Phi) is 13.7. The van der Waals surface area contributed by atoms with E-state index in [2.05, 4.69) is 50.5 Å². The molecule has 0 bridgehead atoms. The van der Waals surface area contributed by atoms with Crippen LogP contribution in [0.1, 0.15) is 67.6 Å². The standard InChI is InChI=1S/C19H22ClN7O2.C18H20ClN7O2/c1-10-16(9-28)26-17(24-10)15(8-23-19(21)22)27-18(29)14-7-6-13(25-14)11-2-4-12(20)5-3-11;1-9-14(8-27)24-15(22-9)16(26-18(20)21)25-17(28)13-7-6-12(23-13)10-2-4-11(19)5-3-10/h2-7,15,25,28H,8-9H2,1H3,(H,24,26)(H,27,29)(H4,21,22,23);2-7,16,23,27H,8H2,1H3,(H,22,24)(H,25,28)(H4,20,21,26). The fourth-order valence-corrected chi connectivity index (χ4v) is 5.69. The van der Waals surface area contributed by atoms with Gasteiger partial charge in [-0.15, -0.1) is 0 Å². The summed E-state index contributed by atoms with van der Waals surface area (Å²) in [6, 6.07) is 20.8. The highest BCUT2D eigenvalue weighted by atomic mass is 35.5. The van der Waals surface area contributed by atoms with E-state index in [1.807, 2.05) is 30.3 Å². The van der Waals surface area contributed by atoms with Crippen molar-refractivity contribution in [2.75, 3.05) is 6.54 Å². The van der Waals surface area contributed by atoms with Gasteiger partial charge in [-0.2, -0.15) is 0 Å². The Labute approximate surface area is 336 Å². The molecule has 0 saturated carbocycles. The zero-order valence-electron chi connectivity index (χ0n) is 30.8. The van der Waals surface area contributed by atoms with Crippen molar-refractivity contribution in [2.24, 2.45) is 32.9 Å². The fraction of sp³-hybridized carbons (Fsp3) is 0.189. The number of guanidine groups is 2. The number of carbonyl (C=O) groups excluding carboxylic acids is 2. The molecule has 0 aliphatic rings. The molecule has 6 aromatic rings. The van der Waals surface area contributed by atoms with E-state index in [9.17, 15) is 19.8 Å². The third-order valence-electron chi connectivity index (χ3n) is 8.38. The highest BCUT2D eigenvalue weighted by Gasteiger charge is 2.22. The quantitative estimate of drug-likeness (QED) is 0.0597. The number of benzene rings is 2. The Morgan fingerprint density at radius 3 is 1.56 bits per heavy atom. The second-order valence-corrected chi connectivity index (χ2v) is 13.4. The largest absolute Gasteiger partial charge is 0.390 e. The number of aromatic amines is 4. The van der Waals surface area contributed by atoms with Crippen LogP contribution in [-0.4, -0.2) is 70.4 Å². The molecular weight excluding hydrogens is 775 g/mol. The minimum absolute atomic E-state index is 0.0939. The summed E-state index contributed by atoms with van der Waals surface area (Å²) in [5, 5.41) is 25.5. The number of nitrogens with two attached hydrogens (primary N) is 4. The summed E-state index contributed by atoms with van der Waals surface area (Å²) in [4.78, 5) is 54.1. The third-order valence-corrected chi connectivity index (χ3v) is 8.88. The van der Waals surface area contributed by atoms with Crippen molar-refractivity contribution in [3.63, 3.8) is 0 Å². The van der Waals surface area contributed by atoms with Crippen LogP contribution in [0, 0.1) is 13.8 Å². The SMILES string of the molecule is Cc1[nH]c(C(CN=C(N)N)NC(=O)c2ccc(-c3ccc(Cl)cc3)[nH]2)nc1CO.Cc1[nH]c(C(N=C(N)N)NC(=O)c2ccc(-c3ccc(Cl)cc3)[nH]2)nc1CO. The monoisotopic (exact) mass is 816 g/mol. The van der Waals surface area contributed by atoms with Gasteiger partial charge in [0.1, 0.15) is 23.3 Å². The van der Waals surface area contributed by atoms with Crippen LogP contribution in [0.2, 0.25) is 10.0 Å². The fourth-order valence-electron chi connectivity index (χ4n) is 5.44. The first-order valence-electron chi connectivity index (χ1n) is 17.2. The second-order valence-electron chi connectivity index (χ2n) is 12.5. The van der Waals surface area contributed by atoms with Gasteiger partial charge in [0.2, 0.25) is 0 Å². The average Bonchev–Trinajstić information content (AvgIpc) is 4.00. The molecule has 0 saturated heterocycles. The maximum Gasteiger partial charge on any atom is 0.269 e. The molecule has 298 valence electrons. The van der Waals surface area contributed by atoms with Crippen LogP contribution in [0.4, 0.5) is 0 Å². The molecule has 0 fully saturated rings. The number of H-pyrrole nitrogens is 4. The first kappa shape index (κ1) is 41.6. The lowest BCUT2D eigenvalue weighted by Crippen LogP contribution is -2.33. The molecule has 0 aliphatic carbocycles. The molecule has 2 unspecified atom stereocenters. The molecular formula is C37H42Cl2N14O4. The number of amides is 2. The molecule has 2 amide bonds. The average molecular weight is 818 g/mol. The van der Waals surface area contributed by atoms with Crippen molar-refractivity contribution in [1.29, 1.82) is 0 Å². The topological polar surface area (TPSA) is 316 Å². The highest BCUT2D eigenvalue weighted by molar-refractivity contribution is 6.30. The van der Waals surface area contributed by atoms with Gasteiger partial charge in [0, 0.05) is 32.8 Å². The molecule has 0 aliphatic heterocycles. The molecule has 0 spiro atoms. The molecule has 57 heavy (non-hydrogen) atoms. The number of imidazole rings is 2. The second kappa shape index (κ2) is 18.8. The van der Waals surface area contributed by atoms with Crippen LogP contribution in [0.5, 0.6) is 0 Å². The van der Waals surface area contributed by atoms with Crippen molar-refractivity contribution in [3.05, 3.63) is 129 Å². The number of aromatic nitrogens is 6. The summed E-state index contributed by atoms with van der Waals surface area (Å²) in [5.41, 5.74) is 28.2. The van der Waals surface area contributed by atoms with Gasteiger partial charge in [-0.05, 0) is 73.5 Å². The van der Waals surface area contributed by atoms with Crippen molar-refractivity contribution in [2.45, 2.75) is 39.3 Å². The smallest absolute Gasteiger partial charge is 0.269 e. The number of nitrogens with zero attached hydrogens (tertiary/aromatic N) is 4. The lowest BCUT2D eigenvalue weighted by atomic mass is 10.2. The summed E-state index contributed by atoms with van der Waals surface area (Å²) >= 11 is 11.8. The Morgan fingerprint density at radius 1 is 0.667 bits per heavy atom. The molecule has 2 aromatic carbocycles. The highest BCUT2D eigenvalue weighted by Crippen LogP contribution is 2.23. The minimum Gasteiger partial charge on any atom is -0.390 e. The zero-order valence-corrected chi connectivity index (χ0v) is 32.3. The molecule has 6 rings (SSSR count). The van der Waals surface area contributed by atoms with E-state index in [1.165, 1.54) is 0 Å². The number of rotatable bonds is 13. The van der Waals surface area contributed by atoms with Crippen LogP contribution in [-0.2, 0) is 13.2 Å². The minimum atomic E-state index is -0.932. The van der Waals surface area contributed by atoms with Crippen molar-refractivity contribution < 1.29 is 19.8 Å². The zero-order chi connectivity index (χ0) is 41.2. The van der Waals surface area contributed by atoms with Crippen LogP contribution in [0.15, 0.2) is 82.8 Å². The number of hydrogen-bond donors (Lipinski definition) is 12. The molecule has 20 heteroatoms. The van der Waals surface area contributed by atoms with Gasteiger partial charge >= 0.3 is 0 Å². The van der Waals surface area contributed by atoms with Crippen LogP contribution >= 0.6 is 23.2 Å².